The van der Waals surface area contributed by atoms with Gasteiger partial charge in [0.2, 0.25) is 0 Å². The third-order valence-corrected chi connectivity index (χ3v) is 3.60. The van der Waals surface area contributed by atoms with Gasteiger partial charge in [-0.3, -0.25) is 0 Å². The van der Waals surface area contributed by atoms with Gasteiger partial charge in [-0.25, -0.2) is 15.0 Å². The van der Waals surface area contributed by atoms with E-state index in [0.29, 0.717) is 11.6 Å². The van der Waals surface area contributed by atoms with E-state index in [9.17, 15) is 0 Å². The Morgan fingerprint density at radius 2 is 2.06 bits per heavy atom. The largest absolute Gasteiger partial charge is 0.241 e. The van der Waals surface area contributed by atoms with Crippen molar-refractivity contribution >= 4 is 33.2 Å². The van der Waals surface area contributed by atoms with Gasteiger partial charge >= 0.3 is 0 Å². The monoisotopic (exact) mass is 261 g/mol. The highest BCUT2D eigenvalue weighted by Gasteiger charge is 2.05. The summed E-state index contributed by atoms with van der Waals surface area (Å²) in [4.78, 5) is 12.6. The molecule has 0 spiro atoms. The summed E-state index contributed by atoms with van der Waals surface area (Å²) in [5, 5.41) is 1.51. The minimum absolute atomic E-state index is 0.469. The van der Waals surface area contributed by atoms with Gasteiger partial charge in [-0.1, -0.05) is 23.7 Å². The molecule has 17 heavy (non-hydrogen) atoms. The maximum Gasteiger partial charge on any atom is 0.132 e. The fraction of sp³-hybridized carbons (Fsp3) is 0.0833. The van der Waals surface area contributed by atoms with E-state index in [1.165, 1.54) is 11.0 Å². The van der Waals surface area contributed by atoms with Crippen LogP contribution in [0, 0.1) is 0 Å². The molecule has 0 atom stereocenters. The maximum absolute atomic E-state index is 5.82. The zero-order valence-corrected chi connectivity index (χ0v) is 10.4. The molecule has 0 amide bonds. The van der Waals surface area contributed by atoms with E-state index in [0.717, 1.165) is 16.2 Å². The number of para-hydroxylation sites is 1. The fourth-order valence-electron chi connectivity index (χ4n) is 1.62. The minimum Gasteiger partial charge on any atom is -0.241 e. The first-order valence-electron chi connectivity index (χ1n) is 5.12. The summed E-state index contributed by atoms with van der Waals surface area (Å²) in [6.45, 7) is 0. The van der Waals surface area contributed by atoms with Crippen LogP contribution in [-0.2, 0) is 6.42 Å². The lowest BCUT2D eigenvalue weighted by Gasteiger charge is -1.96. The Kier molecular flexibility index (Phi) is 2.74. The molecule has 0 aliphatic rings. The van der Waals surface area contributed by atoms with Crippen LogP contribution >= 0.6 is 22.9 Å². The van der Waals surface area contributed by atoms with E-state index < -0.39 is 0 Å². The highest BCUT2D eigenvalue weighted by Crippen LogP contribution is 2.23. The molecule has 5 heteroatoms. The van der Waals surface area contributed by atoms with E-state index in [1.54, 1.807) is 17.4 Å². The third kappa shape index (κ3) is 2.28. The van der Waals surface area contributed by atoms with Crippen molar-refractivity contribution in [3.63, 3.8) is 0 Å². The van der Waals surface area contributed by atoms with Crippen LogP contribution < -0.4 is 0 Å². The maximum atomic E-state index is 5.82. The Morgan fingerprint density at radius 1 is 1.18 bits per heavy atom. The van der Waals surface area contributed by atoms with Gasteiger partial charge in [0, 0.05) is 6.42 Å². The van der Waals surface area contributed by atoms with Crippen molar-refractivity contribution in [2.24, 2.45) is 0 Å². The van der Waals surface area contributed by atoms with E-state index in [1.807, 2.05) is 18.2 Å². The van der Waals surface area contributed by atoms with Crippen LogP contribution in [0.3, 0.4) is 0 Å². The summed E-state index contributed by atoms with van der Waals surface area (Å²) in [5.74, 6) is 0. The molecule has 1 aromatic carbocycles. The highest BCUT2D eigenvalue weighted by molar-refractivity contribution is 7.18. The molecule has 0 saturated heterocycles. The second-order valence-electron chi connectivity index (χ2n) is 3.58. The lowest BCUT2D eigenvalue weighted by atomic mass is 10.3. The third-order valence-electron chi connectivity index (χ3n) is 2.36. The van der Waals surface area contributed by atoms with E-state index in [2.05, 4.69) is 21.0 Å². The number of benzene rings is 1. The van der Waals surface area contributed by atoms with Crippen LogP contribution in [0.5, 0.6) is 0 Å². The Hall–Kier alpha value is -1.52. The summed E-state index contributed by atoms with van der Waals surface area (Å²) in [7, 11) is 0. The first kappa shape index (κ1) is 10.6. The predicted molar refractivity (Wildman–Crippen MR) is 69.5 cm³/mol. The first-order chi connectivity index (χ1) is 8.31. The second-order valence-corrected chi connectivity index (χ2v) is 5.09. The Bertz CT molecular complexity index is 632. The number of nitrogens with zero attached hydrogens (tertiary/aromatic N) is 3. The predicted octanol–water partition coefficient (Wildman–Crippen LogP) is 3.33. The summed E-state index contributed by atoms with van der Waals surface area (Å²) >= 11 is 7.51. The molecule has 3 nitrogen and oxygen atoms in total. The summed E-state index contributed by atoms with van der Waals surface area (Å²) < 4.78 is 1.20. The molecule has 2 aromatic heterocycles. The lowest BCUT2D eigenvalue weighted by molar-refractivity contribution is 1.02. The van der Waals surface area contributed by atoms with Crippen molar-refractivity contribution in [3.05, 3.63) is 52.5 Å². The molecule has 3 aromatic rings. The number of fused-ring (bicyclic) bond motifs is 1. The molecule has 0 aliphatic heterocycles. The molecule has 0 radical (unpaired) electrons. The van der Waals surface area contributed by atoms with Gasteiger partial charge in [-0.2, -0.15) is 0 Å². The zero-order chi connectivity index (χ0) is 11.7. The average molecular weight is 262 g/mol. The van der Waals surface area contributed by atoms with Crippen LogP contribution in [0.25, 0.3) is 10.2 Å². The Morgan fingerprint density at radius 3 is 2.88 bits per heavy atom. The molecule has 0 saturated carbocycles. The summed E-state index contributed by atoms with van der Waals surface area (Å²) in [6, 6.07) is 9.87. The Balaban J connectivity index is 1.94. The smallest absolute Gasteiger partial charge is 0.132 e. The van der Waals surface area contributed by atoms with Gasteiger partial charge in [0.05, 0.1) is 20.9 Å². The second kappa shape index (κ2) is 4.39. The average Bonchev–Trinajstić information content (AvgIpc) is 2.71. The fourth-order valence-corrected chi connectivity index (χ4v) is 2.77. The number of hydrogen-bond acceptors (Lipinski definition) is 4. The van der Waals surface area contributed by atoms with E-state index >= 15 is 0 Å². The normalized spacial score (nSPS) is 10.9. The zero-order valence-electron chi connectivity index (χ0n) is 8.80. The molecule has 84 valence electrons. The van der Waals surface area contributed by atoms with E-state index in [4.69, 9.17) is 11.6 Å². The van der Waals surface area contributed by atoms with Gasteiger partial charge in [0.1, 0.15) is 11.5 Å². The van der Waals surface area contributed by atoms with Crippen LogP contribution in [0.1, 0.15) is 10.7 Å². The van der Waals surface area contributed by atoms with Crippen molar-refractivity contribution < 1.29 is 0 Å². The minimum atomic E-state index is 0.469. The molecule has 3 rings (SSSR count). The molecular formula is C12H8ClN3S. The van der Waals surface area contributed by atoms with E-state index in [-0.39, 0.29) is 0 Å². The molecular weight excluding hydrogens is 254 g/mol. The van der Waals surface area contributed by atoms with Gasteiger partial charge in [-0.15, -0.1) is 11.3 Å². The standard InChI is InChI=1S/C12H8ClN3S/c13-11-5-8(14-7-15-11)6-12-16-9-3-1-2-4-10(9)17-12/h1-5,7H,6H2. The van der Waals surface area contributed by atoms with Crippen LogP contribution in [0.2, 0.25) is 5.15 Å². The van der Waals surface area contributed by atoms with Crippen molar-refractivity contribution in [1.82, 2.24) is 15.0 Å². The van der Waals surface area contributed by atoms with Gasteiger partial charge < -0.3 is 0 Å². The molecule has 0 bridgehead atoms. The quantitative estimate of drug-likeness (QED) is 0.664. The van der Waals surface area contributed by atoms with Crippen molar-refractivity contribution in [3.8, 4) is 0 Å². The Labute approximate surface area is 107 Å². The van der Waals surface area contributed by atoms with Crippen molar-refractivity contribution in [1.29, 1.82) is 0 Å². The number of rotatable bonds is 2. The van der Waals surface area contributed by atoms with Gasteiger partial charge in [0.25, 0.3) is 0 Å². The van der Waals surface area contributed by atoms with Crippen LogP contribution in [0.15, 0.2) is 36.7 Å². The topological polar surface area (TPSA) is 38.7 Å². The highest BCUT2D eigenvalue weighted by atomic mass is 35.5. The van der Waals surface area contributed by atoms with Gasteiger partial charge in [-0.05, 0) is 18.2 Å². The summed E-state index contributed by atoms with van der Waals surface area (Å²) in [5.41, 5.74) is 1.93. The number of aromatic nitrogens is 3. The van der Waals surface area contributed by atoms with Crippen LogP contribution in [0.4, 0.5) is 0 Å². The number of hydrogen-bond donors (Lipinski definition) is 0. The lowest BCUT2D eigenvalue weighted by Crippen LogP contribution is -1.92. The first-order valence-corrected chi connectivity index (χ1v) is 6.31. The van der Waals surface area contributed by atoms with Crippen LogP contribution in [-0.4, -0.2) is 15.0 Å². The summed E-state index contributed by atoms with van der Waals surface area (Å²) in [6.07, 6.45) is 2.17. The molecule has 2 heterocycles. The number of thiazole rings is 1. The molecule has 0 aliphatic carbocycles. The van der Waals surface area contributed by atoms with Crippen molar-refractivity contribution in [2.75, 3.05) is 0 Å². The molecule has 0 N–H and O–H groups in total. The molecule has 0 fully saturated rings. The van der Waals surface area contributed by atoms with Crippen molar-refractivity contribution in [2.45, 2.75) is 6.42 Å². The van der Waals surface area contributed by atoms with Gasteiger partial charge in [0.15, 0.2) is 0 Å². The number of halogens is 1. The molecule has 0 unspecified atom stereocenters. The SMILES string of the molecule is Clc1cc(Cc2nc3ccccc3s2)ncn1.